The van der Waals surface area contributed by atoms with Gasteiger partial charge in [0, 0.05) is 25.4 Å². The molecule has 1 aromatic rings. The second kappa shape index (κ2) is 6.27. The third-order valence-corrected chi connectivity index (χ3v) is 3.94. The highest BCUT2D eigenvalue weighted by Crippen LogP contribution is 2.30. The van der Waals surface area contributed by atoms with E-state index >= 15 is 0 Å². The Balaban J connectivity index is 1.59. The summed E-state index contributed by atoms with van der Waals surface area (Å²) in [5, 5.41) is 2.98. The van der Waals surface area contributed by atoms with Gasteiger partial charge in [-0.05, 0) is 43.7 Å². The van der Waals surface area contributed by atoms with Gasteiger partial charge >= 0.3 is 6.03 Å². The number of carbonyl (C=O) groups excluding carboxylic acids is 1. The number of urea groups is 1. The van der Waals surface area contributed by atoms with Crippen molar-refractivity contribution in [3.05, 3.63) is 30.3 Å². The van der Waals surface area contributed by atoms with Gasteiger partial charge in [0.05, 0.1) is 6.10 Å². The predicted octanol–water partition coefficient (Wildman–Crippen LogP) is 3.11. The number of nitrogens with zero attached hydrogens (tertiary/aromatic N) is 1. The molecule has 1 aliphatic heterocycles. The molecule has 2 fully saturated rings. The van der Waals surface area contributed by atoms with Crippen molar-refractivity contribution in [1.82, 2.24) is 4.90 Å². The summed E-state index contributed by atoms with van der Waals surface area (Å²) in [7, 11) is 0. The van der Waals surface area contributed by atoms with E-state index in [4.69, 9.17) is 4.74 Å². The average molecular weight is 274 g/mol. The number of rotatable bonds is 5. The molecule has 0 bridgehead atoms. The minimum absolute atomic E-state index is 0.00130. The fraction of sp³-hybridized carbons (Fsp3) is 0.562. The van der Waals surface area contributed by atoms with E-state index in [0.717, 1.165) is 38.2 Å². The quantitative estimate of drug-likeness (QED) is 0.896. The third-order valence-electron chi connectivity index (χ3n) is 3.94. The monoisotopic (exact) mass is 274 g/mol. The number of benzene rings is 1. The van der Waals surface area contributed by atoms with Gasteiger partial charge in [0.1, 0.15) is 0 Å². The first kappa shape index (κ1) is 13.4. The lowest BCUT2D eigenvalue weighted by atomic mass is 10.2. The van der Waals surface area contributed by atoms with E-state index in [1.165, 1.54) is 12.8 Å². The van der Waals surface area contributed by atoms with Crippen molar-refractivity contribution in [3.63, 3.8) is 0 Å². The third kappa shape index (κ3) is 3.73. The molecule has 1 aliphatic carbocycles. The largest absolute Gasteiger partial charge is 0.376 e. The average Bonchev–Trinajstić information content (AvgIpc) is 3.13. The van der Waals surface area contributed by atoms with E-state index in [-0.39, 0.29) is 12.1 Å². The second-order valence-electron chi connectivity index (χ2n) is 5.78. The summed E-state index contributed by atoms with van der Waals surface area (Å²) >= 11 is 0. The first-order valence-corrected chi connectivity index (χ1v) is 7.54. The molecule has 1 saturated carbocycles. The molecule has 1 atom stereocenters. The Kier molecular flexibility index (Phi) is 4.21. The zero-order valence-corrected chi connectivity index (χ0v) is 11.8. The standard InChI is InChI=1S/C16H22N2O2/c19-16(17-14-5-2-1-3-6-14)18(11-13-8-9-13)12-15-7-4-10-20-15/h1-3,5-6,13,15H,4,7-12H2,(H,17,19). The Bertz CT molecular complexity index is 439. The SMILES string of the molecule is O=C(Nc1ccccc1)N(CC1CC1)CC1CCCO1. The van der Waals surface area contributed by atoms with Crippen LogP contribution in [0.2, 0.25) is 0 Å². The van der Waals surface area contributed by atoms with Crippen LogP contribution >= 0.6 is 0 Å². The van der Waals surface area contributed by atoms with E-state index in [1.54, 1.807) is 0 Å². The highest BCUT2D eigenvalue weighted by Gasteiger charge is 2.29. The molecule has 2 aliphatic rings. The molecule has 2 amide bonds. The fourth-order valence-electron chi connectivity index (χ4n) is 2.61. The Morgan fingerprint density at radius 1 is 1.20 bits per heavy atom. The van der Waals surface area contributed by atoms with Crippen LogP contribution in [0.1, 0.15) is 25.7 Å². The van der Waals surface area contributed by atoms with Crippen molar-refractivity contribution in [1.29, 1.82) is 0 Å². The highest BCUT2D eigenvalue weighted by molar-refractivity contribution is 5.89. The van der Waals surface area contributed by atoms with Crippen LogP contribution in [-0.4, -0.2) is 36.7 Å². The summed E-state index contributed by atoms with van der Waals surface area (Å²) in [5.74, 6) is 0.693. The van der Waals surface area contributed by atoms with Crippen molar-refractivity contribution in [3.8, 4) is 0 Å². The molecular weight excluding hydrogens is 252 g/mol. The fourth-order valence-corrected chi connectivity index (χ4v) is 2.61. The number of carbonyl (C=O) groups is 1. The number of ether oxygens (including phenoxy) is 1. The number of hydrogen-bond acceptors (Lipinski definition) is 2. The van der Waals surface area contributed by atoms with Crippen molar-refractivity contribution >= 4 is 11.7 Å². The second-order valence-corrected chi connectivity index (χ2v) is 5.78. The molecule has 0 radical (unpaired) electrons. The van der Waals surface area contributed by atoms with Crippen LogP contribution in [0, 0.1) is 5.92 Å². The smallest absolute Gasteiger partial charge is 0.321 e. The summed E-state index contributed by atoms with van der Waals surface area (Å²) in [5.41, 5.74) is 0.852. The first-order chi connectivity index (χ1) is 9.81. The van der Waals surface area contributed by atoms with Crippen molar-refractivity contribution in [2.75, 3.05) is 25.0 Å². The maximum absolute atomic E-state index is 12.4. The number of para-hydroxylation sites is 1. The zero-order valence-electron chi connectivity index (χ0n) is 11.8. The summed E-state index contributed by atoms with van der Waals surface area (Å²) in [6, 6.07) is 9.64. The minimum atomic E-state index is -0.00130. The van der Waals surface area contributed by atoms with Crippen LogP contribution in [-0.2, 0) is 4.74 Å². The van der Waals surface area contributed by atoms with Crippen LogP contribution in [0.3, 0.4) is 0 Å². The van der Waals surface area contributed by atoms with Gasteiger partial charge in [-0.25, -0.2) is 4.79 Å². The Morgan fingerprint density at radius 2 is 2.00 bits per heavy atom. The Morgan fingerprint density at radius 3 is 2.65 bits per heavy atom. The van der Waals surface area contributed by atoms with Crippen molar-refractivity contribution < 1.29 is 9.53 Å². The molecule has 0 spiro atoms. The summed E-state index contributed by atoms with van der Waals surface area (Å²) < 4.78 is 5.66. The van der Waals surface area contributed by atoms with Crippen molar-refractivity contribution in [2.45, 2.75) is 31.8 Å². The zero-order chi connectivity index (χ0) is 13.8. The van der Waals surface area contributed by atoms with Crippen molar-refractivity contribution in [2.24, 2.45) is 5.92 Å². The molecule has 20 heavy (non-hydrogen) atoms. The summed E-state index contributed by atoms with van der Waals surface area (Å²) in [4.78, 5) is 14.4. The van der Waals surface area contributed by atoms with Gasteiger partial charge < -0.3 is 15.0 Å². The van der Waals surface area contributed by atoms with Gasteiger partial charge in [-0.15, -0.1) is 0 Å². The topological polar surface area (TPSA) is 41.6 Å². The maximum Gasteiger partial charge on any atom is 0.321 e. The molecule has 0 aromatic heterocycles. The summed E-state index contributed by atoms with van der Waals surface area (Å²) in [6.45, 7) is 2.41. The lowest BCUT2D eigenvalue weighted by Gasteiger charge is -2.25. The van der Waals surface area contributed by atoms with Gasteiger partial charge in [-0.1, -0.05) is 18.2 Å². The molecular formula is C16H22N2O2. The number of hydrogen-bond donors (Lipinski definition) is 1. The number of amides is 2. The molecule has 1 saturated heterocycles. The molecule has 4 heteroatoms. The number of nitrogens with one attached hydrogen (secondary N) is 1. The lowest BCUT2D eigenvalue weighted by Crippen LogP contribution is -2.41. The molecule has 108 valence electrons. The van der Waals surface area contributed by atoms with Crippen LogP contribution in [0.5, 0.6) is 0 Å². The Labute approximate surface area is 120 Å². The van der Waals surface area contributed by atoms with E-state index in [1.807, 2.05) is 35.2 Å². The molecule has 1 heterocycles. The van der Waals surface area contributed by atoms with Crippen LogP contribution in [0.25, 0.3) is 0 Å². The molecule has 1 N–H and O–H groups in total. The van der Waals surface area contributed by atoms with Crippen LogP contribution < -0.4 is 5.32 Å². The highest BCUT2D eigenvalue weighted by atomic mass is 16.5. The van der Waals surface area contributed by atoms with E-state index in [0.29, 0.717) is 5.92 Å². The molecule has 1 aromatic carbocycles. The van der Waals surface area contributed by atoms with E-state index in [9.17, 15) is 4.79 Å². The molecule has 3 rings (SSSR count). The molecule has 1 unspecified atom stereocenters. The summed E-state index contributed by atoms with van der Waals surface area (Å²) in [6.07, 6.45) is 4.90. The van der Waals surface area contributed by atoms with Gasteiger partial charge in [-0.2, -0.15) is 0 Å². The Hall–Kier alpha value is -1.55. The van der Waals surface area contributed by atoms with Gasteiger partial charge in [0.15, 0.2) is 0 Å². The van der Waals surface area contributed by atoms with E-state index < -0.39 is 0 Å². The van der Waals surface area contributed by atoms with Gasteiger partial charge in [-0.3, -0.25) is 0 Å². The minimum Gasteiger partial charge on any atom is -0.376 e. The number of anilines is 1. The predicted molar refractivity (Wildman–Crippen MR) is 78.7 cm³/mol. The van der Waals surface area contributed by atoms with Crippen LogP contribution in [0.15, 0.2) is 30.3 Å². The molecule has 4 nitrogen and oxygen atoms in total. The normalized spacial score (nSPS) is 21.7. The van der Waals surface area contributed by atoms with Gasteiger partial charge in [0.2, 0.25) is 0 Å². The van der Waals surface area contributed by atoms with E-state index in [2.05, 4.69) is 5.32 Å². The van der Waals surface area contributed by atoms with Gasteiger partial charge in [0.25, 0.3) is 0 Å². The first-order valence-electron chi connectivity index (χ1n) is 7.54. The lowest BCUT2D eigenvalue weighted by molar-refractivity contribution is 0.0825. The van der Waals surface area contributed by atoms with Crippen LogP contribution in [0.4, 0.5) is 10.5 Å². The maximum atomic E-state index is 12.4.